The van der Waals surface area contributed by atoms with Gasteiger partial charge in [0, 0.05) is 5.56 Å². The lowest BCUT2D eigenvalue weighted by Crippen LogP contribution is -2.14. The summed E-state index contributed by atoms with van der Waals surface area (Å²) in [4.78, 5) is 11.4. The minimum absolute atomic E-state index is 0.228. The zero-order valence-corrected chi connectivity index (χ0v) is 13.4. The number of carbonyl (C=O) groups is 1. The van der Waals surface area contributed by atoms with Crippen molar-refractivity contribution in [1.29, 1.82) is 0 Å². The number of carboxylic acids is 1. The van der Waals surface area contributed by atoms with Crippen LogP contribution in [-0.2, 0) is 4.79 Å². The molecule has 0 spiro atoms. The molecule has 1 N–H and O–H groups in total. The van der Waals surface area contributed by atoms with Gasteiger partial charge in [-0.15, -0.1) is 0 Å². The Labute approximate surface area is 135 Å². The van der Waals surface area contributed by atoms with Crippen molar-refractivity contribution < 1.29 is 19.0 Å². The summed E-state index contributed by atoms with van der Waals surface area (Å²) < 4.78 is 19.4. The maximum atomic E-state index is 13.8. The first-order valence-electron chi connectivity index (χ1n) is 7.66. The largest absolute Gasteiger partial charge is 0.494 e. The maximum absolute atomic E-state index is 13.8. The van der Waals surface area contributed by atoms with Crippen LogP contribution in [0.2, 0.25) is 0 Å². The first-order valence-corrected chi connectivity index (χ1v) is 7.66. The predicted molar refractivity (Wildman–Crippen MR) is 87.4 cm³/mol. The number of hydrogen-bond acceptors (Lipinski definition) is 2. The van der Waals surface area contributed by atoms with E-state index in [0.717, 1.165) is 11.3 Å². The minimum atomic E-state index is -1.01. The molecular weight excluding hydrogens is 295 g/mol. The fourth-order valence-corrected chi connectivity index (χ4v) is 2.45. The number of aliphatic carboxylic acids is 1. The molecule has 23 heavy (non-hydrogen) atoms. The molecule has 2 rings (SSSR count). The molecule has 1 atom stereocenters. The first kappa shape index (κ1) is 17.0. The summed E-state index contributed by atoms with van der Waals surface area (Å²) in [6.45, 7) is 4.45. The molecule has 0 heterocycles. The van der Waals surface area contributed by atoms with E-state index in [0.29, 0.717) is 19.4 Å². The Morgan fingerprint density at radius 2 is 1.91 bits per heavy atom. The second kappa shape index (κ2) is 7.77. The summed E-state index contributed by atoms with van der Waals surface area (Å²) in [6.07, 6.45) is 0.874. The molecule has 2 aromatic carbocycles. The van der Waals surface area contributed by atoms with Gasteiger partial charge in [-0.1, -0.05) is 24.3 Å². The molecule has 1 unspecified atom stereocenters. The van der Waals surface area contributed by atoms with Crippen LogP contribution in [0.1, 0.15) is 35.4 Å². The van der Waals surface area contributed by atoms with Gasteiger partial charge in [-0.05, 0) is 56.0 Å². The minimum Gasteiger partial charge on any atom is -0.494 e. The average Bonchev–Trinajstić information content (AvgIpc) is 2.51. The van der Waals surface area contributed by atoms with E-state index in [1.807, 2.05) is 32.0 Å². The van der Waals surface area contributed by atoms with Crippen LogP contribution >= 0.6 is 0 Å². The molecule has 0 aromatic heterocycles. The smallest absolute Gasteiger partial charge is 0.311 e. The van der Waals surface area contributed by atoms with Gasteiger partial charge in [0.25, 0.3) is 0 Å². The summed E-state index contributed by atoms with van der Waals surface area (Å²) >= 11 is 0. The second-order valence-corrected chi connectivity index (χ2v) is 5.65. The lowest BCUT2D eigenvalue weighted by atomic mass is 9.94. The third-order valence-electron chi connectivity index (χ3n) is 3.96. The Kier molecular flexibility index (Phi) is 5.74. The Hall–Kier alpha value is -2.36. The van der Waals surface area contributed by atoms with Crippen LogP contribution in [0.4, 0.5) is 4.39 Å². The number of aryl methyl sites for hydroxylation is 2. The topological polar surface area (TPSA) is 46.5 Å². The Morgan fingerprint density at radius 3 is 2.57 bits per heavy atom. The van der Waals surface area contributed by atoms with Crippen molar-refractivity contribution in [3.05, 3.63) is 65.0 Å². The monoisotopic (exact) mass is 316 g/mol. The quantitative estimate of drug-likeness (QED) is 0.767. The summed E-state index contributed by atoms with van der Waals surface area (Å²) in [7, 11) is 0. The molecule has 0 fully saturated rings. The normalized spacial score (nSPS) is 12.0. The summed E-state index contributed by atoms with van der Waals surface area (Å²) in [5.41, 5.74) is 2.58. The fraction of sp³-hybridized carbons (Fsp3) is 0.316. The third kappa shape index (κ3) is 4.55. The average molecular weight is 316 g/mol. The number of halogens is 1. The van der Waals surface area contributed by atoms with E-state index >= 15 is 0 Å². The van der Waals surface area contributed by atoms with Crippen LogP contribution in [0.25, 0.3) is 0 Å². The van der Waals surface area contributed by atoms with Crippen LogP contribution in [0.3, 0.4) is 0 Å². The number of carboxylic acid groups (broad SMARTS) is 1. The molecule has 0 amide bonds. The van der Waals surface area contributed by atoms with Gasteiger partial charge >= 0.3 is 5.97 Å². The zero-order valence-electron chi connectivity index (χ0n) is 13.4. The van der Waals surface area contributed by atoms with Crippen molar-refractivity contribution in [2.75, 3.05) is 6.61 Å². The predicted octanol–water partition coefficient (Wildman–Crippen LogP) is 4.47. The van der Waals surface area contributed by atoms with Crippen LogP contribution < -0.4 is 4.74 Å². The van der Waals surface area contributed by atoms with E-state index in [2.05, 4.69) is 0 Å². The van der Waals surface area contributed by atoms with Crippen molar-refractivity contribution in [2.24, 2.45) is 0 Å². The Bertz CT molecular complexity index is 682. The van der Waals surface area contributed by atoms with Crippen molar-refractivity contribution >= 4 is 5.97 Å². The van der Waals surface area contributed by atoms with Crippen LogP contribution in [0, 0.1) is 19.7 Å². The Balaban J connectivity index is 1.91. The molecule has 0 radical (unpaired) electrons. The fourth-order valence-electron chi connectivity index (χ4n) is 2.45. The van der Waals surface area contributed by atoms with Crippen molar-refractivity contribution in [1.82, 2.24) is 0 Å². The van der Waals surface area contributed by atoms with Crippen LogP contribution in [-0.4, -0.2) is 17.7 Å². The standard InChI is InChI=1S/C19H21FO3/c1-13-9-10-15(12-14(13)2)23-11-5-7-17(19(21)22)16-6-3-4-8-18(16)20/h3-4,6,8-10,12,17H,5,7,11H2,1-2H3,(H,21,22). The maximum Gasteiger partial charge on any atom is 0.311 e. The third-order valence-corrected chi connectivity index (χ3v) is 3.96. The zero-order chi connectivity index (χ0) is 16.8. The molecule has 4 heteroatoms. The Morgan fingerprint density at radius 1 is 1.17 bits per heavy atom. The van der Waals surface area contributed by atoms with Gasteiger partial charge in [0.05, 0.1) is 12.5 Å². The highest BCUT2D eigenvalue weighted by Crippen LogP contribution is 2.24. The highest BCUT2D eigenvalue weighted by atomic mass is 19.1. The molecule has 0 aliphatic rings. The lowest BCUT2D eigenvalue weighted by Gasteiger charge is -2.14. The molecule has 0 aliphatic carbocycles. The van der Waals surface area contributed by atoms with Gasteiger partial charge < -0.3 is 9.84 Å². The van der Waals surface area contributed by atoms with Gasteiger partial charge in [0.15, 0.2) is 0 Å². The molecule has 122 valence electrons. The highest BCUT2D eigenvalue weighted by Gasteiger charge is 2.22. The molecule has 0 aliphatic heterocycles. The van der Waals surface area contributed by atoms with E-state index in [4.69, 9.17) is 4.74 Å². The molecular formula is C19H21FO3. The van der Waals surface area contributed by atoms with Gasteiger partial charge in [-0.3, -0.25) is 4.79 Å². The van der Waals surface area contributed by atoms with Crippen LogP contribution in [0.15, 0.2) is 42.5 Å². The summed E-state index contributed by atoms with van der Waals surface area (Å²) in [6, 6.07) is 11.9. The van der Waals surface area contributed by atoms with E-state index in [1.165, 1.54) is 17.7 Å². The molecule has 0 saturated carbocycles. The van der Waals surface area contributed by atoms with Crippen molar-refractivity contribution in [3.8, 4) is 5.75 Å². The number of ether oxygens (including phenoxy) is 1. The number of hydrogen-bond donors (Lipinski definition) is 1. The first-order chi connectivity index (χ1) is 11.0. The molecule has 0 bridgehead atoms. The highest BCUT2D eigenvalue weighted by molar-refractivity contribution is 5.76. The number of benzene rings is 2. The SMILES string of the molecule is Cc1ccc(OCCCC(C(=O)O)c2ccccc2F)cc1C. The van der Waals surface area contributed by atoms with Gasteiger partial charge in [-0.2, -0.15) is 0 Å². The van der Waals surface area contributed by atoms with Gasteiger partial charge in [0.1, 0.15) is 11.6 Å². The van der Waals surface area contributed by atoms with E-state index < -0.39 is 17.7 Å². The van der Waals surface area contributed by atoms with E-state index in [1.54, 1.807) is 12.1 Å². The molecule has 2 aromatic rings. The van der Waals surface area contributed by atoms with Crippen molar-refractivity contribution in [2.45, 2.75) is 32.6 Å². The van der Waals surface area contributed by atoms with Gasteiger partial charge in [0.2, 0.25) is 0 Å². The summed E-state index contributed by atoms with van der Waals surface area (Å²) in [5, 5.41) is 9.33. The van der Waals surface area contributed by atoms with E-state index in [9.17, 15) is 14.3 Å². The van der Waals surface area contributed by atoms with Crippen molar-refractivity contribution in [3.63, 3.8) is 0 Å². The lowest BCUT2D eigenvalue weighted by molar-refractivity contribution is -0.139. The summed E-state index contributed by atoms with van der Waals surface area (Å²) in [5.74, 6) is -1.57. The second-order valence-electron chi connectivity index (χ2n) is 5.65. The number of rotatable bonds is 7. The van der Waals surface area contributed by atoms with Crippen LogP contribution in [0.5, 0.6) is 5.75 Å². The molecule has 0 saturated heterocycles. The van der Waals surface area contributed by atoms with Gasteiger partial charge in [-0.25, -0.2) is 4.39 Å². The van der Waals surface area contributed by atoms with E-state index in [-0.39, 0.29) is 5.56 Å². The molecule has 3 nitrogen and oxygen atoms in total.